The van der Waals surface area contributed by atoms with E-state index in [4.69, 9.17) is 11.6 Å². The molecule has 0 aliphatic carbocycles. The van der Waals surface area contributed by atoms with Gasteiger partial charge >= 0.3 is 0 Å². The lowest BCUT2D eigenvalue weighted by Gasteiger charge is -2.13. The molecular weight excluding hydrogens is 385 g/mol. The van der Waals surface area contributed by atoms with Gasteiger partial charge in [-0.05, 0) is 40.2 Å². The molecular formula is C12H10BrClFN3O2S. The van der Waals surface area contributed by atoms with Crippen LogP contribution in [-0.2, 0) is 10.0 Å². The Hall–Kier alpha value is -1.38. The summed E-state index contributed by atoms with van der Waals surface area (Å²) in [4.78, 5) is 3.89. The standard InChI is InChI=1S/C12H10BrClFN3O2S/c1-16-12-10(3-2-4-17-12)21(19,20)18-11-8(13)5-7(15)6-9(11)14/h2-6,18H,1H3,(H,16,17). The van der Waals surface area contributed by atoms with E-state index in [0.717, 1.165) is 12.1 Å². The predicted molar refractivity (Wildman–Crippen MR) is 83.7 cm³/mol. The lowest BCUT2D eigenvalue weighted by atomic mass is 10.3. The van der Waals surface area contributed by atoms with Crippen LogP contribution < -0.4 is 10.0 Å². The van der Waals surface area contributed by atoms with E-state index in [2.05, 4.69) is 31.0 Å². The van der Waals surface area contributed by atoms with Crippen molar-refractivity contribution in [2.24, 2.45) is 0 Å². The van der Waals surface area contributed by atoms with Crippen LogP contribution in [0.3, 0.4) is 0 Å². The maximum Gasteiger partial charge on any atom is 0.265 e. The molecule has 9 heteroatoms. The highest BCUT2D eigenvalue weighted by Gasteiger charge is 2.21. The van der Waals surface area contributed by atoms with Gasteiger partial charge < -0.3 is 5.32 Å². The zero-order valence-electron chi connectivity index (χ0n) is 10.7. The van der Waals surface area contributed by atoms with E-state index < -0.39 is 15.8 Å². The number of hydrogen-bond acceptors (Lipinski definition) is 4. The lowest BCUT2D eigenvalue weighted by molar-refractivity contribution is 0.601. The van der Waals surface area contributed by atoms with E-state index in [1.807, 2.05) is 0 Å². The first-order chi connectivity index (χ1) is 9.85. The molecule has 0 saturated heterocycles. The highest BCUT2D eigenvalue weighted by molar-refractivity contribution is 9.10. The van der Waals surface area contributed by atoms with Crippen molar-refractivity contribution in [3.63, 3.8) is 0 Å². The zero-order valence-corrected chi connectivity index (χ0v) is 13.9. The van der Waals surface area contributed by atoms with Gasteiger partial charge in [0.15, 0.2) is 0 Å². The summed E-state index contributed by atoms with van der Waals surface area (Å²) in [5, 5.41) is 2.64. The first-order valence-corrected chi connectivity index (χ1v) is 8.30. The van der Waals surface area contributed by atoms with Gasteiger partial charge in [-0.15, -0.1) is 0 Å². The number of aromatic nitrogens is 1. The van der Waals surface area contributed by atoms with Crippen molar-refractivity contribution in [2.45, 2.75) is 4.90 Å². The molecule has 2 N–H and O–H groups in total. The van der Waals surface area contributed by atoms with Crippen molar-refractivity contribution in [1.82, 2.24) is 4.98 Å². The summed E-state index contributed by atoms with van der Waals surface area (Å²) in [5.74, 6) is -0.383. The predicted octanol–water partition coefficient (Wildman–Crippen LogP) is 3.48. The molecule has 0 unspecified atom stereocenters. The molecule has 112 valence electrons. The van der Waals surface area contributed by atoms with Gasteiger partial charge in [0, 0.05) is 17.7 Å². The van der Waals surface area contributed by atoms with Crippen LogP contribution in [0.15, 0.2) is 39.8 Å². The third kappa shape index (κ3) is 3.45. The molecule has 0 radical (unpaired) electrons. The van der Waals surface area contributed by atoms with Crippen molar-refractivity contribution in [2.75, 3.05) is 17.1 Å². The Morgan fingerprint density at radius 3 is 2.71 bits per heavy atom. The molecule has 0 bridgehead atoms. The summed E-state index contributed by atoms with van der Waals surface area (Å²) in [7, 11) is -2.37. The highest BCUT2D eigenvalue weighted by atomic mass is 79.9. The topological polar surface area (TPSA) is 71.1 Å². The maximum atomic E-state index is 13.2. The molecule has 0 amide bonds. The second-order valence-corrected chi connectivity index (χ2v) is 6.86. The van der Waals surface area contributed by atoms with Gasteiger partial charge in [-0.25, -0.2) is 17.8 Å². The van der Waals surface area contributed by atoms with Crippen molar-refractivity contribution >= 4 is 49.1 Å². The van der Waals surface area contributed by atoms with Crippen LogP contribution in [0.25, 0.3) is 0 Å². The summed E-state index contributed by atoms with van der Waals surface area (Å²) in [6.45, 7) is 0. The number of pyridine rings is 1. The van der Waals surface area contributed by atoms with Crippen LogP contribution in [0.1, 0.15) is 0 Å². The number of benzene rings is 1. The van der Waals surface area contributed by atoms with Crippen molar-refractivity contribution in [1.29, 1.82) is 0 Å². The Morgan fingerprint density at radius 2 is 2.10 bits per heavy atom. The van der Waals surface area contributed by atoms with Crippen molar-refractivity contribution in [3.8, 4) is 0 Å². The fraction of sp³-hybridized carbons (Fsp3) is 0.0833. The number of halogens is 3. The van der Waals surface area contributed by atoms with Gasteiger partial charge in [-0.1, -0.05) is 11.6 Å². The second kappa shape index (κ2) is 6.17. The molecule has 0 spiro atoms. The second-order valence-electron chi connectivity index (χ2n) is 3.95. The minimum absolute atomic E-state index is 0.0419. The van der Waals surface area contributed by atoms with E-state index >= 15 is 0 Å². The molecule has 0 saturated carbocycles. The lowest BCUT2D eigenvalue weighted by Crippen LogP contribution is -2.16. The summed E-state index contributed by atoms with van der Waals surface area (Å²) in [6.07, 6.45) is 1.46. The van der Waals surface area contributed by atoms with E-state index in [1.54, 1.807) is 7.05 Å². The fourth-order valence-electron chi connectivity index (χ4n) is 1.62. The minimum Gasteiger partial charge on any atom is -0.372 e. The smallest absolute Gasteiger partial charge is 0.265 e. The summed E-state index contributed by atoms with van der Waals surface area (Å²) < 4.78 is 40.5. The average molecular weight is 395 g/mol. The number of nitrogens with zero attached hydrogens (tertiary/aromatic N) is 1. The first-order valence-electron chi connectivity index (χ1n) is 5.65. The molecule has 2 rings (SSSR count). The van der Waals surface area contributed by atoms with Gasteiger partial charge in [-0.3, -0.25) is 4.72 Å². The van der Waals surface area contributed by atoms with Crippen LogP contribution >= 0.6 is 27.5 Å². The van der Waals surface area contributed by atoms with Crippen LogP contribution in [0, 0.1) is 5.82 Å². The number of hydrogen-bond donors (Lipinski definition) is 2. The van der Waals surface area contributed by atoms with Crippen LogP contribution in [-0.4, -0.2) is 20.4 Å². The van der Waals surface area contributed by atoms with Gasteiger partial charge in [0.2, 0.25) is 0 Å². The van der Waals surface area contributed by atoms with E-state index in [0.29, 0.717) is 0 Å². The molecule has 0 aliphatic rings. The summed E-state index contributed by atoms with van der Waals surface area (Å²) in [6, 6.07) is 5.03. The Labute approximate surface area is 134 Å². The largest absolute Gasteiger partial charge is 0.372 e. The zero-order chi connectivity index (χ0) is 15.6. The molecule has 0 aliphatic heterocycles. The van der Waals surface area contributed by atoms with E-state index in [1.165, 1.54) is 18.3 Å². The summed E-state index contributed by atoms with van der Waals surface area (Å²) in [5.41, 5.74) is 0.0592. The van der Waals surface area contributed by atoms with Crippen LogP contribution in [0.4, 0.5) is 15.9 Å². The van der Waals surface area contributed by atoms with E-state index in [9.17, 15) is 12.8 Å². The number of anilines is 2. The molecule has 21 heavy (non-hydrogen) atoms. The molecule has 1 aromatic heterocycles. The molecule has 5 nitrogen and oxygen atoms in total. The van der Waals surface area contributed by atoms with Crippen molar-refractivity contribution in [3.05, 3.63) is 45.8 Å². The third-order valence-corrected chi connectivity index (χ3v) is 4.85. The Balaban J connectivity index is 2.48. The number of sulfonamides is 1. The van der Waals surface area contributed by atoms with E-state index in [-0.39, 0.29) is 25.9 Å². The third-order valence-electron chi connectivity index (χ3n) is 2.54. The fourth-order valence-corrected chi connectivity index (χ4v) is 3.98. The average Bonchev–Trinajstić information content (AvgIpc) is 2.43. The molecule has 1 aromatic carbocycles. The molecule has 0 atom stereocenters. The number of nitrogens with one attached hydrogen (secondary N) is 2. The Morgan fingerprint density at radius 1 is 1.38 bits per heavy atom. The minimum atomic E-state index is -3.93. The first kappa shape index (κ1) is 16.0. The van der Waals surface area contributed by atoms with Crippen LogP contribution in [0.5, 0.6) is 0 Å². The Bertz CT molecular complexity index is 763. The number of rotatable bonds is 4. The monoisotopic (exact) mass is 393 g/mol. The maximum absolute atomic E-state index is 13.2. The quantitative estimate of drug-likeness (QED) is 0.833. The normalized spacial score (nSPS) is 11.2. The SMILES string of the molecule is CNc1ncccc1S(=O)(=O)Nc1c(Cl)cc(F)cc1Br. The van der Waals surface area contributed by atoms with Crippen molar-refractivity contribution < 1.29 is 12.8 Å². The molecule has 1 heterocycles. The molecule has 2 aromatic rings. The molecule has 0 fully saturated rings. The van der Waals surface area contributed by atoms with Gasteiger partial charge in [0.25, 0.3) is 10.0 Å². The van der Waals surface area contributed by atoms with Gasteiger partial charge in [0.05, 0.1) is 10.7 Å². The Kier molecular flexibility index (Phi) is 4.70. The van der Waals surface area contributed by atoms with Crippen LogP contribution in [0.2, 0.25) is 5.02 Å². The summed E-state index contributed by atoms with van der Waals surface area (Å²) >= 11 is 8.95. The highest BCUT2D eigenvalue weighted by Crippen LogP contribution is 2.34. The van der Waals surface area contributed by atoms with Gasteiger partial charge in [0.1, 0.15) is 16.5 Å². The van der Waals surface area contributed by atoms with Gasteiger partial charge in [-0.2, -0.15) is 0 Å².